The lowest BCUT2D eigenvalue weighted by atomic mass is 10.0. The summed E-state index contributed by atoms with van der Waals surface area (Å²) in [6, 6.07) is 22.3. The van der Waals surface area contributed by atoms with Crippen molar-refractivity contribution in [2.75, 3.05) is 31.1 Å². The standard InChI is InChI=1S/C27H29N5O/c1-21-8-2-5-11-25(21)31(26-12-6-7-15-28-26)19-18-30-16-13-22(14-17-30)32-20-29-24-10-4-3-9-23(24)27(32)33/h2-12,15,20,22H,13-14,16-19H2,1H3. The van der Waals surface area contributed by atoms with Gasteiger partial charge in [-0.2, -0.15) is 0 Å². The first-order chi connectivity index (χ1) is 16.2. The smallest absolute Gasteiger partial charge is 0.261 e. The Morgan fingerprint density at radius 2 is 1.70 bits per heavy atom. The van der Waals surface area contributed by atoms with Crippen LogP contribution in [0.4, 0.5) is 11.5 Å². The number of hydrogen-bond acceptors (Lipinski definition) is 5. The molecule has 6 nitrogen and oxygen atoms in total. The van der Waals surface area contributed by atoms with E-state index in [9.17, 15) is 4.79 Å². The van der Waals surface area contributed by atoms with Gasteiger partial charge < -0.3 is 9.80 Å². The number of hydrogen-bond donors (Lipinski definition) is 0. The van der Waals surface area contributed by atoms with Gasteiger partial charge in [-0.25, -0.2) is 9.97 Å². The van der Waals surface area contributed by atoms with Crippen LogP contribution in [0.3, 0.4) is 0 Å². The van der Waals surface area contributed by atoms with Crippen molar-refractivity contribution in [3.8, 4) is 0 Å². The van der Waals surface area contributed by atoms with Gasteiger partial charge in [-0.05, 0) is 55.7 Å². The Morgan fingerprint density at radius 1 is 0.939 bits per heavy atom. The Kier molecular flexibility index (Phi) is 6.17. The molecule has 0 spiro atoms. The van der Waals surface area contributed by atoms with Gasteiger partial charge in [-0.1, -0.05) is 36.4 Å². The lowest BCUT2D eigenvalue weighted by Crippen LogP contribution is -2.41. The zero-order chi connectivity index (χ0) is 22.6. The fourth-order valence-electron chi connectivity index (χ4n) is 4.74. The predicted molar refractivity (Wildman–Crippen MR) is 133 cm³/mol. The van der Waals surface area contributed by atoms with E-state index in [1.807, 2.05) is 47.2 Å². The highest BCUT2D eigenvalue weighted by Crippen LogP contribution is 2.27. The van der Waals surface area contributed by atoms with Crippen molar-refractivity contribution in [3.05, 3.63) is 95.2 Å². The van der Waals surface area contributed by atoms with Crippen molar-refractivity contribution in [2.45, 2.75) is 25.8 Å². The van der Waals surface area contributed by atoms with Crippen LogP contribution in [-0.4, -0.2) is 45.6 Å². The van der Waals surface area contributed by atoms with Crippen molar-refractivity contribution in [1.29, 1.82) is 0 Å². The molecule has 1 aliphatic rings. The average molecular weight is 440 g/mol. The van der Waals surface area contributed by atoms with Crippen LogP contribution in [-0.2, 0) is 0 Å². The van der Waals surface area contributed by atoms with Crippen LogP contribution in [0, 0.1) is 6.92 Å². The molecule has 1 fully saturated rings. The molecule has 2 aromatic carbocycles. The van der Waals surface area contributed by atoms with Gasteiger partial charge in [0, 0.05) is 44.1 Å². The number of para-hydroxylation sites is 2. The SMILES string of the molecule is Cc1ccccc1N(CCN1CCC(n2cnc3ccccc3c2=O)CC1)c1ccccn1. The first kappa shape index (κ1) is 21.3. The first-order valence-corrected chi connectivity index (χ1v) is 11.6. The van der Waals surface area contributed by atoms with Crippen molar-refractivity contribution >= 4 is 22.4 Å². The van der Waals surface area contributed by atoms with Gasteiger partial charge >= 0.3 is 0 Å². The minimum absolute atomic E-state index is 0.0694. The third kappa shape index (κ3) is 4.52. The van der Waals surface area contributed by atoms with E-state index in [1.54, 1.807) is 6.33 Å². The lowest BCUT2D eigenvalue weighted by molar-refractivity contribution is 0.188. The van der Waals surface area contributed by atoms with Gasteiger partial charge in [0.05, 0.1) is 17.2 Å². The predicted octanol–water partition coefficient (Wildman–Crippen LogP) is 4.58. The van der Waals surface area contributed by atoms with E-state index >= 15 is 0 Å². The van der Waals surface area contributed by atoms with Gasteiger partial charge in [0.15, 0.2) is 0 Å². The van der Waals surface area contributed by atoms with Crippen LogP contribution in [0.5, 0.6) is 0 Å². The number of piperidine rings is 1. The number of aromatic nitrogens is 3. The average Bonchev–Trinajstić information content (AvgIpc) is 2.87. The molecule has 33 heavy (non-hydrogen) atoms. The summed E-state index contributed by atoms with van der Waals surface area (Å²) >= 11 is 0. The second kappa shape index (κ2) is 9.55. The third-order valence-corrected chi connectivity index (χ3v) is 6.61. The molecule has 0 radical (unpaired) electrons. The molecular weight excluding hydrogens is 410 g/mol. The molecule has 6 heteroatoms. The number of likely N-dealkylation sites (tertiary alicyclic amines) is 1. The maximum atomic E-state index is 13.0. The number of pyridine rings is 1. The fourth-order valence-corrected chi connectivity index (χ4v) is 4.74. The van der Waals surface area contributed by atoms with Gasteiger partial charge in [-0.15, -0.1) is 0 Å². The van der Waals surface area contributed by atoms with E-state index in [0.29, 0.717) is 5.39 Å². The van der Waals surface area contributed by atoms with Crippen molar-refractivity contribution in [3.63, 3.8) is 0 Å². The van der Waals surface area contributed by atoms with Gasteiger partial charge in [0.25, 0.3) is 5.56 Å². The summed E-state index contributed by atoms with van der Waals surface area (Å²) < 4.78 is 1.84. The zero-order valence-electron chi connectivity index (χ0n) is 19.0. The minimum atomic E-state index is 0.0694. The van der Waals surface area contributed by atoms with E-state index in [1.165, 1.54) is 11.3 Å². The minimum Gasteiger partial charge on any atom is -0.325 e. The van der Waals surface area contributed by atoms with Crippen molar-refractivity contribution < 1.29 is 0 Å². The highest BCUT2D eigenvalue weighted by Gasteiger charge is 2.23. The topological polar surface area (TPSA) is 54.3 Å². The van der Waals surface area contributed by atoms with E-state index < -0.39 is 0 Å². The molecule has 0 unspecified atom stereocenters. The quantitative estimate of drug-likeness (QED) is 0.440. The largest absolute Gasteiger partial charge is 0.325 e. The Morgan fingerprint density at radius 3 is 2.48 bits per heavy atom. The second-order valence-electron chi connectivity index (χ2n) is 8.67. The van der Waals surface area contributed by atoms with Gasteiger partial charge in [-0.3, -0.25) is 9.36 Å². The van der Waals surface area contributed by atoms with E-state index in [-0.39, 0.29) is 11.6 Å². The Hall–Kier alpha value is -3.51. The number of aryl methyl sites for hydroxylation is 1. The van der Waals surface area contributed by atoms with Crippen molar-refractivity contribution in [2.24, 2.45) is 0 Å². The molecule has 0 bridgehead atoms. The molecule has 4 aromatic rings. The maximum Gasteiger partial charge on any atom is 0.261 e. The molecule has 0 amide bonds. The highest BCUT2D eigenvalue weighted by molar-refractivity contribution is 5.76. The first-order valence-electron chi connectivity index (χ1n) is 11.6. The molecule has 168 valence electrons. The summed E-state index contributed by atoms with van der Waals surface area (Å²) in [5.41, 5.74) is 3.27. The molecule has 0 N–H and O–H groups in total. The van der Waals surface area contributed by atoms with E-state index in [2.05, 4.69) is 57.0 Å². The molecule has 1 saturated heterocycles. The molecule has 1 aliphatic heterocycles. The molecule has 3 heterocycles. The third-order valence-electron chi connectivity index (χ3n) is 6.61. The summed E-state index contributed by atoms with van der Waals surface area (Å²) in [6.45, 7) is 5.89. The maximum absolute atomic E-state index is 13.0. The summed E-state index contributed by atoms with van der Waals surface area (Å²) in [5, 5.41) is 0.701. The highest BCUT2D eigenvalue weighted by atomic mass is 16.1. The number of rotatable bonds is 6. The normalized spacial score (nSPS) is 15.1. The van der Waals surface area contributed by atoms with Crippen LogP contribution in [0.25, 0.3) is 10.9 Å². The monoisotopic (exact) mass is 439 g/mol. The summed E-state index contributed by atoms with van der Waals surface area (Å²) in [6.07, 6.45) is 5.48. The van der Waals surface area contributed by atoms with Crippen LogP contribution < -0.4 is 10.5 Å². The van der Waals surface area contributed by atoms with Crippen LogP contribution in [0.15, 0.2) is 84.0 Å². The lowest BCUT2D eigenvalue weighted by Gasteiger charge is -2.34. The van der Waals surface area contributed by atoms with E-state index in [4.69, 9.17) is 0 Å². The summed E-state index contributed by atoms with van der Waals surface area (Å²) in [4.78, 5) is 26.9. The number of nitrogens with zero attached hydrogens (tertiary/aromatic N) is 5. The summed E-state index contributed by atoms with van der Waals surface area (Å²) in [7, 11) is 0. The Labute approximate surface area is 194 Å². The molecule has 0 atom stereocenters. The van der Waals surface area contributed by atoms with Crippen molar-refractivity contribution in [1.82, 2.24) is 19.4 Å². The Bertz CT molecular complexity index is 1280. The number of anilines is 2. The number of benzene rings is 2. The molecule has 0 aliphatic carbocycles. The second-order valence-corrected chi connectivity index (χ2v) is 8.67. The van der Waals surface area contributed by atoms with Crippen LogP contribution in [0.2, 0.25) is 0 Å². The molecule has 5 rings (SSSR count). The molecule has 0 saturated carbocycles. The Balaban J connectivity index is 1.26. The molecule has 2 aromatic heterocycles. The van der Waals surface area contributed by atoms with Crippen LogP contribution >= 0.6 is 0 Å². The zero-order valence-corrected chi connectivity index (χ0v) is 19.0. The van der Waals surface area contributed by atoms with Gasteiger partial charge in [0.2, 0.25) is 0 Å². The fraction of sp³-hybridized carbons (Fsp3) is 0.296. The van der Waals surface area contributed by atoms with E-state index in [0.717, 1.165) is 50.4 Å². The summed E-state index contributed by atoms with van der Waals surface area (Å²) in [5.74, 6) is 0.968. The molecular formula is C27H29N5O. The number of fused-ring (bicyclic) bond motifs is 1. The van der Waals surface area contributed by atoms with Gasteiger partial charge in [0.1, 0.15) is 5.82 Å². The van der Waals surface area contributed by atoms with Crippen LogP contribution in [0.1, 0.15) is 24.4 Å².